The smallest absolute Gasteiger partial charge is 0.252 e. The Morgan fingerprint density at radius 3 is 1.78 bits per heavy atom. The maximum Gasteiger partial charge on any atom is 0.252 e. The topological polar surface area (TPSA) is 24.6 Å². The van der Waals surface area contributed by atoms with E-state index in [1.165, 1.54) is 81.2 Å². The summed E-state index contributed by atoms with van der Waals surface area (Å²) in [6.07, 6.45) is 0. The molecule has 0 unspecified atom stereocenters. The molecule has 6 heteroatoms. The monoisotopic (exact) mass is 913 g/mol. The zero-order valence-corrected chi connectivity index (χ0v) is 42.1. The van der Waals surface area contributed by atoms with Crippen LogP contribution in [0.3, 0.4) is 0 Å². The third-order valence-electron chi connectivity index (χ3n) is 15.1. The molecule has 0 fully saturated rings. The van der Waals surface area contributed by atoms with Crippen molar-refractivity contribution in [2.24, 2.45) is 0 Å². The first-order valence-corrected chi connectivity index (χ1v) is 25.4. The lowest BCUT2D eigenvalue weighted by Gasteiger charge is -2.41. The second-order valence-electron chi connectivity index (χ2n) is 22.7. The van der Waals surface area contributed by atoms with Gasteiger partial charge in [-0.3, -0.25) is 0 Å². The second-order valence-corrected chi connectivity index (χ2v) is 23.8. The van der Waals surface area contributed by atoms with Crippen LogP contribution in [0.15, 0.2) is 162 Å². The molecule has 3 aromatic heterocycles. The highest BCUT2D eigenvalue weighted by molar-refractivity contribution is 7.26. The zero-order chi connectivity index (χ0) is 47.5. The van der Waals surface area contributed by atoms with Crippen LogP contribution in [0.5, 0.6) is 0 Å². The molecule has 8 aromatic carbocycles. The standard InChI is InChI=1S/C63H56BN3OS/c1-37-33-52-56-53(34-37)67-57-47(60-58(67)46-15-11-12-20-55(46)69-60)17-13-18-49(57)64(56)48-32-30-43(65(41-26-21-38(22-27-41)61(2,3)4)42-28-23-39(24-29-42)62(5,6)7)36-51(48)66(52)50-19-14-16-45-44-31-25-40(63(8,9)10)35-54(44)68-59(45)50/h11-36H,1-10H3. The van der Waals surface area contributed by atoms with Crippen LogP contribution >= 0.6 is 11.3 Å². The molecule has 4 nitrogen and oxygen atoms in total. The van der Waals surface area contributed by atoms with Gasteiger partial charge < -0.3 is 18.8 Å². The summed E-state index contributed by atoms with van der Waals surface area (Å²) in [5, 5.41) is 4.88. The molecular weight excluding hydrogens is 858 g/mol. The molecule has 0 saturated heterocycles. The van der Waals surface area contributed by atoms with Crippen LogP contribution in [0.1, 0.15) is 84.6 Å². The van der Waals surface area contributed by atoms with Gasteiger partial charge in [0.15, 0.2) is 5.58 Å². The van der Waals surface area contributed by atoms with Gasteiger partial charge in [0.25, 0.3) is 6.71 Å². The first kappa shape index (κ1) is 42.1. The van der Waals surface area contributed by atoms with E-state index in [1.54, 1.807) is 0 Å². The molecule has 2 aliphatic heterocycles. The molecule has 0 atom stereocenters. The highest BCUT2D eigenvalue weighted by Gasteiger charge is 2.43. The summed E-state index contributed by atoms with van der Waals surface area (Å²) in [5.41, 5.74) is 21.5. The lowest BCUT2D eigenvalue weighted by Crippen LogP contribution is -2.60. The Bertz CT molecular complexity index is 3870. The molecule has 0 saturated carbocycles. The highest BCUT2D eigenvalue weighted by atomic mass is 32.1. The summed E-state index contributed by atoms with van der Waals surface area (Å²) in [6, 6.07) is 60.0. The van der Waals surface area contributed by atoms with Gasteiger partial charge in [0.1, 0.15) is 5.58 Å². The summed E-state index contributed by atoms with van der Waals surface area (Å²) in [4.78, 5) is 4.98. The number of para-hydroxylation sites is 2. The maximum absolute atomic E-state index is 7.15. The lowest BCUT2D eigenvalue weighted by atomic mass is 9.33. The van der Waals surface area contributed by atoms with Gasteiger partial charge in [-0.25, -0.2) is 0 Å². The van der Waals surface area contributed by atoms with E-state index >= 15 is 0 Å². The SMILES string of the molecule is Cc1cc2c3c(c1)-n1c4c(cccc4c4sc5ccccc5c41)B3c1ccc(N(c3ccc(C(C)(C)C)cc3)c3ccc(C(C)(C)C)cc3)cc1N2c1cccc2c1oc1cc(C(C)(C)C)ccc12. The number of fused-ring (bicyclic) bond motifs is 12. The summed E-state index contributed by atoms with van der Waals surface area (Å²) in [5.74, 6) is 0. The first-order chi connectivity index (χ1) is 33.0. The van der Waals surface area contributed by atoms with Gasteiger partial charge in [0.05, 0.1) is 21.4 Å². The number of benzene rings is 8. The summed E-state index contributed by atoms with van der Waals surface area (Å²) in [6.45, 7) is 22.8. The number of nitrogens with zero attached hydrogens (tertiary/aromatic N) is 3. The summed E-state index contributed by atoms with van der Waals surface area (Å²) < 4.78 is 12.4. The normalized spacial score (nSPS) is 13.6. The van der Waals surface area contributed by atoms with Crippen molar-refractivity contribution >= 4 is 122 Å². The van der Waals surface area contributed by atoms with E-state index in [0.717, 1.165) is 50.4 Å². The minimum atomic E-state index is -0.0147. The molecular formula is C63H56BN3OS. The van der Waals surface area contributed by atoms with Crippen LogP contribution in [-0.4, -0.2) is 11.3 Å². The predicted molar refractivity (Wildman–Crippen MR) is 298 cm³/mol. The second kappa shape index (κ2) is 14.5. The van der Waals surface area contributed by atoms with Crippen LogP contribution in [0, 0.1) is 6.92 Å². The van der Waals surface area contributed by atoms with E-state index < -0.39 is 0 Å². The van der Waals surface area contributed by atoms with Crippen molar-refractivity contribution in [1.82, 2.24) is 4.57 Å². The van der Waals surface area contributed by atoms with Gasteiger partial charge in [-0.2, -0.15) is 0 Å². The Morgan fingerprint density at radius 1 is 0.478 bits per heavy atom. The van der Waals surface area contributed by atoms with Gasteiger partial charge in [-0.1, -0.05) is 153 Å². The van der Waals surface area contributed by atoms with Crippen molar-refractivity contribution in [3.8, 4) is 5.69 Å². The molecule has 0 radical (unpaired) electrons. The van der Waals surface area contributed by atoms with E-state index in [1.807, 2.05) is 11.3 Å². The fourth-order valence-corrected chi connectivity index (χ4v) is 12.7. The molecule has 13 rings (SSSR count). The number of anilines is 6. The van der Waals surface area contributed by atoms with Gasteiger partial charge >= 0.3 is 0 Å². The van der Waals surface area contributed by atoms with Crippen molar-refractivity contribution in [2.75, 3.05) is 9.80 Å². The molecule has 5 heterocycles. The molecule has 0 spiro atoms. The predicted octanol–water partition coefficient (Wildman–Crippen LogP) is 16.2. The quantitative estimate of drug-likeness (QED) is 0.164. The number of aromatic nitrogens is 1. The maximum atomic E-state index is 7.15. The minimum absolute atomic E-state index is 0.00261. The van der Waals surface area contributed by atoms with Gasteiger partial charge in [0.2, 0.25) is 0 Å². The molecule has 2 aliphatic rings. The Labute approximate surface area is 409 Å². The third kappa shape index (κ3) is 6.27. The Morgan fingerprint density at radius 2 is 1.09 bits per heavy atom. The zero-order valence-electron chi connectivity index (χ0n) is 41.2. The van der Waals surface area contributed by atoms with E-state index in [0.29, 0.717) is 0 Å². The third-order valence-corrected chi connectivity index (χ3v) is 16.3. The number of hydrogen-bond donors (Lipinski definition) is 0. The Kier molecular flexibility index (Phi) is 8.86. The van der Waals surface area contributed by atoms with E-state index in [2.05, 4.69) is 241 Å². The summed E-state index contributed by atoms with van der Waals surface area (Å²) in [7, 11) is 0. The fourth-order valence-electron chi connectivity index (χ4n) is 11.5. The fraction of sp³-hybridized carbons (Fsp3) is 0.206. The summed E-state index contributed by atoms with van der Waals surface area (Å²) >= 11 is 1.92. The molecule has 11 aromatic rings. The molecule has 69 heavy (non-hydrogen) atoms. The molecule has 0 N–H and O–H groups in total. The van der Waals surface area contributed by atoms with Crippen LogP contribution in [-0.2, 0) is 16.2 Å². The average Bonchev–Trinajstić information content (AvgIpc) is 3.99. The number of rotatable bonds is 4. The van der Waals surface area contributed by atoms with Crippen molar-refractivity contribution in [3.63, 3.8) is 0 Å². The van der Waals surface area contributed by atoms with Crippen molar-refractivity contribution < 1.29 is 4.42 Å². The minimum Gasteiger partial charge on any atom is -0.454 e. The van der Waals surface area contributed by atoms with Gasteiger partial charge in [-0.05, 0) is 129 Å². The van der Waals surface area contributed by atoms with E-state index in [-0.39, 0.29) is 23.0 Å². The molecule has 0 bridgehead atoms. The van der Waals surface area contributed by atoms with Crippen LogP contribution in [0.25, 0.3) is 58.8 Å². The lowest BCUT2D eigenvalue weighted by molar-refractivity contribution is 0.587. The van der Waals surface area contributed by atoms with Crippen molar-refractivity contribution in [3.05, 3.63) is 180 Å². The highest BCUT2D eigenvalue weighted by Crippen LogP contribution is 2.49. The first-order valence-electron chi connectivity index (χ1n) is 24.5. The Balaban J connectivity index is 1.12. The van der Waals surface area contributed by atoms with Gasteiger partial charge in [-0.15, -0.1) is 11.3 Å². The molecule has 0 aliphatic carbocycles. The van der Waals surface area contributed by atoms with Crippen molar-refractivity contribution in [1.29, 1.82) is 0 Å². The molecule has 0 amide bonds. The Hall–Kier alpha value is -7.02. The van der Waals surface area contributed by atoms with Crippen LogP contribution in [0.2, 0.25) is 0 Å². The number of aryl methyl sites for hydroxylation is 1. The number of thiophene rings is 1. The van der Waals surface area contributed by atoms with Gasteiger partial charge in [0, 0.05) is 60.4 Å². The van der Waals surface area contributed by atoms with Crippen LogP contribution in [0.4, 0.5) is 34.1 Å². The van der Waals surface area contributed by atoms with E-state index in [4.69, 9.17) is 4.42 Å². The number of hydrogen-bond acceptors (Lipinski definition) is 4. The molecule has 338 valence electrons. The average molecular weight is 914 g/mol. The van der Waals surface area contributed by atoms with Crippen molar-refractivity contribution in [2.45, 2.75) is 85.5 Å². The van der Waals surface area contributed by atoms with Crippen LogP contribution < -0.4 is 26.2 Å². The largest absolute Gasteiger partial charge is 0.454 e. The van der Waals surface area contributed by atoms with E-state index in [9.17, 15) is 0 Å². The number of furan rings is 1.